The molecule has 3 rings (SSSR count). The second kappa shape index (κ2) is 3.77. The zero-order valence-corrected chi connectivity index (χ0v) is 10.6. The predicted molar refractivity (Wildman–Crippen MR) is 68.5 cm³/mol. The first kappa shape index (κ1) is 10.1. The zero-order chi connectivity index (χ0) is 11.1. The highest BCUT2D eigenvalue weighted by Crippen LogP contribution is 2.35. The van der Waals surface area contributed by atoms with Crippen LogP contribution in [0.15, 0.2) is 22.9 Å². The van der Waals surface area contributed by atoms with Gasteiger partial charge in [-0.2, -0.15) is 0 Å². The number of anilines is 1. The quantitative estimate of drug-likeness (QED) is 0.870. The van der Waals surface area contributed by atoms with Crippen molar-refractivity contribution < 1.29 is 0 Å². The summed E-state index contributed by atoms with van der Waals surface area (Å²) in [6.45, 7) is 0. The first-order valence-corrected chi connectivity index (χ1v) is 6.48. The average Bonchev–Trinajstić information content (AvgIpc) is 2.87. The fourth-order valence-electron chi connectivity index (χ4n) is 2.56. The van der Waals surface area contributed by atoms with Gasteiger partial charge in [0.05, 0.1) is 5.52 Å². The predicted octanol–water partition coefficient (Wildman–Crippen LogP) is 3.34. The van der Waals surface area contributed by atoms with E-state index in [0.29, 0.717) is 5.92 Å². The molecule has 2 N–H and O–H groups in total. The monoisotopic (exact) mass is 279 g/mol. The molecule has 1 aliphatic rings. The van der Waals surface area contributed by atoms with Crippen LogP contribution in [0.25, 0.3) is 5.52 Å². The summed E-state index contributed by atoms with van der Waals surface area (Å²) in [6, 6.07) is 3.90. The van der Waals surface area contributed by atoms with Gasteiger partial charge in [0.1, 0.15) is 10.4 Å². The van der Waals surface area contributed by atoms with E-state index in [9.17, 15) is 0 Å². The SMILES string of the molecule is Nc1ccn2c(C3CCCC3)nc(Br)c2c1. The Morgan fingerprint density at radius 3 is 2.88 bits per heavy atom. The van der Waals surface area contributed by atoms with Crippen LogP contribution in [0.2, 0.25) is 0 Å². The fraction of sp³-hybridized carbons (Fsp3) is 0.417. The number of hydrogen-bond acceptors (Lipinski definition) is 2. The molecule has 0 radical (unpaired) electrons. The number of nitrogens with zero attached hydrogens (tertiary/aromatic N) is 2. The molecule has 1 saturated carbocycles. The van der Waals surface area contributed by atoms with Gasteiger partial charge in [-0.3, -0.25) is 0 Å². The lowest BCUT2D eigenvalue weighted by molar-refractivity contribution is 0.664. The molecule has 0 bridgehead atoms. The smallest absolute Gasteiger partial charge is 0.132 e. The lowest BCUT2D eigenvalue weighted by Crippen LogP contribution is -2.00. The molecule has 2 aromatic rings. The summed E-state index contributed by atoms with van der Waals surface area (Å²) in [5.74, 6) is 1.79. The summed E-state index contributed by atoms with van der Waals surface area (Å²) >= 11 is 3.51. The van der Waals surface area contributed by atoms with Crippen LogP contribution in [0.3, 0.4) is 0 Å². The van der Waals surface area contributed by atoms with Crippen molar-refractivity contribution in [2.75, 3.05) is 5.73 Å². The molecule has 16 heavy (non-hydrogen) atoms. The van der Waals surface area contributed by atoms with E-state index in [1.54, 1.807) is 0 Å². The topological polar surface area (TPSA) is 43.3 Å². The fourth-order valence-corrected chi connectivity index (χ4v) is 3.05. The van der Waals surface area contributed by atoms with E-state index >= 15 is 0 Å². The third kappa shape index (κ3) is 1.52. The molecule has 2 aromatic heterocycles. The highest BCUT2D eigenvalue weighted by atomic mass is 79.9. The van der Waals surface area contributed by atoms with Gasteiger partial charge in [-0.05, 0) is 40.9 Å². The number of pyridine rings is 1. The molecule has 0 atom stereocenters. The number of aromatic nitrogens is 2. The minimum atomic E-state index is 0.613. The van der Waals surface area contributed by atoms with Gasteiger partial charge in [0.25, 0.3) is 0 Å². The Morgan fingerprint density at radius 2 is 2.12 bits per heavy atom. The second-order valence-corrected chi connectivity index (χ2v) is 5.21. The maximum atomic E-state index is 5.79. The molecule has 0 amide bonds. The Labute approximate surface area is 103 Å². The van der Waals surface area contributed by atoms with Crippen molar-refractivity contribution in [3.05, 3.63) is 28.8 Å². The van der Waals surface area contributed by atoms with Gasteiger partial charge in [-0.1, -0.05) is 12.8 Å². The molecular weight excluding hydrogens is 266 g/mol. The van der Waals surface area contributed by atoms with E-state index in [2.05, 4.69) is 25.3 Å². The summed E-state index contributed by atoms with van der Waals surface area (Å²) in [6.07, 6.45) is 7.19. The van der Waals surface area contributed by atoms with Crippen molar-refractivity contribution in [1.82, 2.24) is 9.38 Å². The largest absolute Gasteiger partial charge is 0.399 e. The van der Waals surface area contributed by atoms with Crippen LogP contribution >= 0.6 is 15.9 Å². The molecule has 0 spiro atoms. The summed E-state index contributed by atoms with van der Waals surface area (Å²) < 4.78 is 3.07. The Hall–Kier alpha value is -1.03. The van der Waals surface area contributed by atoms with Crippen LogP contribution in [0, 0.1) is 0 Å². The maximum Gasteiger partial charge on any atom is 0.132 e. The van der Waals surface area contributed by atoms with Crippen LogP contribution in [0.5, 0.6) is 0 Å². The van der Waals surface area contributed by atoms with E-state index < -0.39 is 0 Å². The van der Waals surface area contributed by atoms with E-state index in [4.69, 9.17) is 5.73 Å². The number of fused-ring (bicyclic) bond motifs is 1. The van der Waals surface area contributed by atoms with Gasteiger partial charge in [0, 0.05) is 17.8 Å². The molecule has 0 unspecified atom stereocenters. The molecular formula is C12H14BrN3. The van der Waals surface area contributed by atoms with Gasteiger partial charge in [0.15, 0.2) is 0 Å². The van der Waals surface area contributed by atoms with Crippen LogP contribution < -0.4 is 5.73 Å². The van der Waals surface area contributed by atoms with Crippen LogP contribution in [-0.2, 0) is 0 Å². The van der Waals surface area contributed by atoms with E-state index in [1.807, 2.05) is 18.3 Å². The average molecular weight is 280 g/mol. The summed E-state index contributed by atoms with van der Waals surface area (Å²) in [7, 11) is 0. The number of hydrogen-bond donors (Lipinski definition) is 1. The lowest BCUT2D eigenvalue weighted by atomic mass is 10.1. The zero-order valence-electron chi connectivity index (χ0n) is 8.99. The van der Waals surface area contributed by atoms with Crippen molar-refractivity contribution >= 4 is 27.1 Å². The standard InChI is InChI=1S/C12H14BrN3/c13-11-10-7-9(14)5-6-16(10)12(15-11)8-3-1-2-4-8/h5-8H,1-4,14H2. The Balaban J connectivity index is 2.18. The van der Waals surface area contributed by atoms with Gasteiger partial charge in [-0.25, -0.2) is 4.98 Å². The third-order valence-electron chi connectivity index (χ3n) is 3.37. The van der Waals surface area contributed by atoms with Crippen molar-refractivity contribution in [3.8, 4) is 0 Å². The molecule has 0 saturated heterocycles. The molecule has 1 aliphatic carbocycles. The first-order valence-electron chi connectivity index (χ1n) is 5.68. The molecule has 4 heteroatoms. The summed E-state index contributed by atoms with van der Waals surface area (Å²) in [5.41, 5.74) is 7.65. The number of rotatable bonds is 1. The van der Waals surface area contributed by atoms with E-state index in [-0.39, 0.29) is 0 Å². The van der Waals surface area contributed by atoms with Crippen molar-refractivity contribution in [3.63, 3.8) is 0 Å². The minimum absolute atomic E-state index is 0.613. The second-order valence-electron chi connectivity index (χ2n) is 4.46. The third-order valence-corrected chi connectivity index (χ3v) is 3.95. The molecule has 1 fully saturated rings. The lowest BCUT2D eigenvalue weighted by Gasteiger charge is -2.07. The van der Waals surface area contributed by atoms with Crippen molar-refractivity contribution in [2.45, 2.75) is 31.6 Å². The summed E-state index contributed by atoms with van der Waals surface area (Å²) in [5, 5.41) is 0. The molecule has 0 aliphatic heterocycles. The summed E-state index contributed by atoms with van der Waals surface area (Å²) in [4.78, 5) is 4.64. The molecule has 2 heterocycles. The normalized spacial score (nSPS) is 17.3. The minimum Gasteiger partial charge on any atom is -0.399 e. The van der Waals surface area contributed by atoms with Crippen LogP contribution in [-0.4, -0.2) is 9.38 Å². The maximum absolute atomic E-state index is 5.79. The molecule has 0 aromatic carbocycles. The Morgan fingerprint density at radius 1 is 1.38 bits per heavy atom. The van der Waals surface area contributed by atoms with E-state index in [0.717, 1.165) is 15.8 Å². The Bertz CT molecular complexity index is 526. The highest BCUT2D eigenvalue weighted by molar-refractivity contribution is 9.10. The van der Waals surface area contributed by atoms with Crippen LogP contribution in [0.4, 0.5) is 5.69 Å². The highest BCUT2D eigenvalue weighted by Gasteiger charge is 2.22. The molecule has 84 valence electrons. The number of nitrogens with two attached hydrogens (primary N) is 1. The number of imidazole rings is 1. The Kier molecular flexibility index (Phi) is 2.39. The number of halogens is 1. The van der Waals surface area contributed by atoms with Crippen molar-refractivity contribution in [1.29, 1.82) is 0 Å². The van der Waals surface area contributed by atoms with Crippen molar-refractivity contribution in [2.24, 2.45) is 0 Å². The van der Waals surface area contributed by atoms with Gasteiger partial charge in [-0.15, -0.1) is 0 Å². The van der Waals surface area contributed by atoms with E-state index in [1.165, 1.54) is 31.5 Å². The first-order chi connectivity index (χ1) is 7.75. The van der Waals surface area contributed by atoms with Gasteiger partial charge in [0.2, 0.25) is 0 Å². The van der Waals surface area contributed by atoms with Crippen LogP contribution in [0.1, 0.15) is 37.4 Å². The van der Waals surface area contributed by atoms with Gasteiger partial charge >= 0.3 is 0 Å². The molecule has 3 nitrogen and oxygen atoms in total. The van der Waals surface area contributed by atoms with Gasteiger partial charge < -0.3 is 10.1 Å². The number of nitrogen functional groups attached to an aromatic ring is 1.